The number of hydrogen-bond donors (Lipinski definition) is 0. The minimum Gasteiger partial charge on any atom is -0.447 e. The lowest BCUT2D eigenvalue weighted by molar-refractivity contribution is -0.134. The van der Waals surface area contributed by atoms with Crippen LogP contribution in [-0.2, 0) is 16.1 Å². The van der Waals surface area contributed by atoms with E-state index in [9.17, 15) is 9.59 Å². The summed E-state index contributed by atoms with van der Waals surface area (Å²) in [6, 6.07) is 7.89. The van der Waals surface area contributed by atoms with Gasteiger partial charge in [0.05, 0.1) is 17.1 Å². The van der Waals surface area contributed by atoms with Crippen LogP contribution in [0.4, 0.5) is 4.79 Å². The third-order valence-corrected chi connectivity index (χ3v) is 4.96. The van der Waals surface area contributed by atoms with Gasteiger partial charge >= 0.3 is 6.09 Å². The van der Waals surface area contributed by atoms with Crippen LogP contribution in [0.1, 0.15) is 25.6 Å². The number of hydrogen-bond acceptors (Lipinski definition) is 4. The van der Waals surface area contributed by atoms with Crippen LogP contribution >= 0.6 is 0 Å². The molecule has 25 heavy (non-hydrogen) atoms. The van der Waals surface area contributed by atoms with Gasteiger partial charge in [-0.1, -0.05) is 26.0 Å². The number of benzene rings is 1. The first kappa shape index (κ1) is 15.9. The molecule has 4 rings (SSSR count). The van der Waals surface area contributed by atoms with E-state index in [1.54, 1.807) is 4.90 Å². The number of para-hydroxylation sites is 2. The van der Waals surface area contributed by atoms with E-state index >= 15 is 0 Å². The molecule has 3 heterocycles. The van der Waals surface area contributed by atoms with Gasteiger partial charge in [-0.25, -0.2) is 9.78 Å². The highest BCUT2D eigenvalue weighted by Gasteiger charge is 2.38. The van der Waals surface area contributed by atoms with Gasteiger partial charge in [0.2, 0.25) is 5.91 Å². The molecule has 7 heteroatoms. The largest absolute Gasteiger partial charge is 0.447 e. The maximum absolute atomic E-state index is 12.9. The van der Waals surface area contributed by atoms with Gasteiger partial charge in [0.25, 0.3) is 0 Å². The minimum absolute atomic E-state index is 0.0192. The molecule has 0 saturated carbocycles. The average Bonchev–Trinajstić information content (AvgIpc) is 3.16. The van der Waals surface area contributed by atoms with Gasteiger partial charge in [0.15, 0.2) is 0 Å². The second-order valence-electron chi connectivity index (χ2n) is 6.96. The molecule has 1 aromatic heterocycles. The van der Waals surface area contributed by atoms with Crippen molar-refractivity contribution in [3.05, 3.63) is 30.1 Å². The maximum Gasteiger partial charge on any atom is 0.410 e. The molecule has 7 nitrogen and oxygen atoms in total. The quantitative estimate of drug-likeness (QED) is 0.853. The van der Waals surface area contributed by atoms with Gasteiger partial charge in [-0.05, 0) is 12.1 Å². The molecule has 0 unspecified atom stereocenters. The Morgan fingerprint density at radius 2 is 2.12 bits per heavy atom. The molecule has 0 bridgehead atoms. The lowest BCUT2D eigenvalue weighted by Gasteiger charge is -2.35. The Balaban J connectivity index is 1.56. The predicted octanol–water partition coefficient (Wildman–Crippen LogP) is 1.82. The summed E-state index contributed by atoms with van der Waals surface area (Å²) < 4.78 is 7.09. The van der Waals surface area contributed by atoms with Crippen molar-refractivity contribution in [3.8, 4) is 0 Å². The van der Waals surface area contributed by atoms with Crippen molar-refractivity contribution in [1.29, 1.82) is 0 Å². The van der Waals surface area contributed by atoms with E-state index in [0.717, 1.165) is 16.9 Å². The van der Waals surface area contributed by atoms with Gasteiger partial charge in [0.1, 0.15) is 19.0 Å². The second kappa shape index (κ2) is 6.06. The van der Waals surface area contributed by atoms with Gasteiger partial charge in [0, 0.05) is 25.6 Å². The zero-order chi connectivity index (χ0) is 17.6. The monoisotopic (exact) mass is 342 g/mol. The van der Waals surface area contributed by atoms with Crippen LogP contribution in [0.5, 0.6) is 0 Å². The van der Waals surface area contributed by atoms with Crippen molar-refractivity contribution >= 4 is 23.0 Å². The van der Waals surface area contributed by atoms with Crippen molar-refractivity contribution in [1.82, 2.24) is 19.4 Å². The molecule has 2 saturated heterocycles. The van der Waals surface area contributed by atoms with Gasteiger partial charge in [-0.2, -0.15) is 0 Å². The molecule has 132 valence electrons. The molecule has 2 amide bonds. The third kappa shape index (κ3) is 2.73. The van der Waals surface area contributed by atoms with Gasteiger partial charge in [-0.3, -0.25) is 9.69 Å². The first-order chi connectivity index (χ1) is 12.0. The SMILES string of the molecule is CC(C)c1nc2ccccc2n1CC(=O)N1CCN2C(=O)OC[C@@H]2C1. The number of nitrogens with zero attached hydrogens (tertiary/aromatic N) is 4. The van der Waals surface area contributed by atoms with Crippen LogP contribution in [0, 0.1) is 0 Å². The first-order valence-corrected chi connectivity index (χ1v) is 8.71. The highest BCUT2D eigenvalue weighted by atomic mass is 16.6. The van der Waals surface area contributed by atoms with Crippen LogP contribution in [0.2, 0.25) is 0 Å². The highest BCUT2D eigenvalue weighted by molar-refractivity contribution is 5.81. The Bertz CT molecular complexity index is 829. The van der Waals surface area contributed by atoms with Crippen molar-refractivity contribution in [2.45, 2.75) is 32.4 Å². The number of amides is 2. The van der Waals surface area contributed by atoms with E-state index in [0.29, 0.717) is 26.2 Å². The zero-order valence-electron chi connectivity index (χ0n) is 14.5. The zero-order valence-corrected chi connectivity index (χ0v) is 14.5. The molecule has 0 aliphatic carbocycles. The summed E-state index contributed by atoms with van der Waals surface area (Å²) in [5, 5.41) is 0. The number of carbonyl (C=O) groups excluding carboxylic acids is 2. The summed E-state index contributed by atoms with van der Waals surface area (Å²) in [5.41, 5.74) is 1.90. The summed E-state index contributed by atoms with van der Waals surface area (Å²) in [6.07, 6.45) is -0.264. The van der Waals surface area contributed by atoms with Gasteiger partial charge in [-0.15, -0.1) is 0 Å². The van der Waals surface area contributed by atoms with E-state index in [2.05, 4.69) is 13.8 Å². The van der Waals surface area contributed by atoms with Crippen LogP contribution < -0.4 is 0 Å². The fraction of sp³-hybridized carbons (Fsp3) is 0.500. The minimum atomic E-state index is -0.264. The van der Waals surface area contributed by atoms with Crippen molar-refractivity contribution in [3.63, 3.8) is 0 Å². The molecule has 0 N–H and O–H groups in total. The summed E-state index contributed by atoms with van der Waals surface area (Å²) >= 11 is 0. The van der Waals surface area contributed by atoms with E-state index in [1.807, 2.05) is 33.7 Å². The molecule has 2 aliphatic heterocycles. The van der Waals surface area contributed by atoms with Crippen LogP contribution in [0.3, 0.4) is 0 Å². The molecule has 1 atom stereocenters. The fourth-order valence-corrected chi connectivity index (χ4v) is 3.65. The van der Waals surface area contributed by atoms with Crippen molar-refractivity contribution in [2.75, 3.05) is 26.2 Å². The lowest BCUT2D eigenvalue weighted by Crippen LogP contribution is -2.54. The van der Waals surface area contributed by atoms with E-state index in [4.69, 9.17) is 9.72 Å². The number of rotatable bonds is 3. The topological polar surface area (TPSA) is 67.7 Å². The third-order valence-electron chi connectivity index (χ3n) is 4.96. The van der Waals surface area contributed by atoms with Crippen LogP contribution in [0.15, 0.2) is 24.3 Å². The second-order valence-corrected chi connectivity index (χ2v) is 6.96. The Labute approximate surface area is 146 Å². The van der Waals surface area contributed by atoms with Gasteiger partial charge < -0.3 is 14.2 Å². The van der Waals surface area contributed by atoms with Crippen molar-refractivity contribution in [2.24, 2.45) is 0 Å². The summed E-state index contributed by atoms with van der Waals surface area (Å²) in [4.78, 5) is 32.7. The van der Waals surface area contributed by atoms with Crippen LogP contribution in [0.25, 0.3) is 11.0 Å². The lowest BCUT2D eigenvalue weighted by atomic mass is 10.2. The molecular formula is C18H22N4O3. The number of piperazine rings is 1. The molecule has 1 aromatic carbocycles. The van der Waals surface area contributed by atoms with E-state index in [1.165, 1.54) is 0 Å². The summed E-state index contributed by atoms with van der Waals surface area (Å²) in [5.74, 6) is 1.22. The molecule has 0 radical (unpaired) electrons. The number of cyclic esters (lactones) is 1. The average molecular weight is 342 g/mol. The van der Waals surface area contributed by atoms with Crippen LogP contribution in [-0.4, -0.2) is 63.6 Å². The predicted molar refractivity (Wildman–Crippen MR) is 92.2 cm³/mol. The Morgan fingerprint density at radius 3 is 2.92 bits per heavy atom. The number of carbonyl (C=O) groups is 2. The maximum atomic E-state index is 12.9. The highest BCUT2D eigenvalue weighted by Crippen LogP contribution is 2.23. The number of imidazole rings is 1. The molecule has 2 aliphatic rings. The Morgan fingerprint density at radius 1 is 1.32 bits per heavy atom. The standard InChI is InChI=1S/C18H22N4O3/c1-12(2)17-19-14-5-3-4-6-15(14)22(17)10-16(23)20-7-8-21-13(9-20)11-25-18(21)24/h3-6,12-13H,7-11H2,1-2H3/t13-/m0/s1. The summed E-state index contributed by atoms with van der Waals surface area (Å²) in [7, 11) is 0. The number of aromatic nitrogens is 2. The molecule has 0 spiro atoms. The first-order valence-electron chi connectivity index (χ1n) is 8.71. The number of ether oxygens (including phenoxy) is 1. The Kier molecular flexibility index (Phi) is 3.86. The Hall–Kier alpha value is -2.57. The number of fused-ring (bicyclic) bond motifs is 2. The van der Waals surface area contributed by atoms with E-state index < -0.39 is 0 Å². The molecule has 2 fully saturated rings. The smallest absolute Gasteiger partial charge is 0.410 e. The molecular weight excluding hydrogens is 320 g/mol. The molecule has 2 aromatic rings. The van der Waals surface area contributed by atoms with Crippen molar-refractivity contribution < 1.29 is 14.3 Å². The fourth-order valence-electron chi connectivity index (χ4n) is 3.65. The summed E-state index contributed by atoms with van der Waals surface area (Å²) in [6.45, 7) is 6.44. The normalized spacial score (nSPS) is 20.3. The van der Waals surface area contributed by atoms with E-state index in [-0.39, 0.29) is 30.5 Å².